The van der Waals surface area contributed by atoms with Crippen molar-refractivity contribution in [2.75, 3.05) is 0 Å². The van der Waals surface area contributed by atoms with Crippen LogP contribution in [0, 0.1) is 0 Å². The van der Waals surface area contributed by atoms with Gasteiger partial charge in [0.2, 0.25) is 0 Å². The fraction of sp³-hybridized carbons (Fsp3) is 0.733. The summed E-state index contributed by atoms with van der Waals surface area (Å²) in [6.45, 7) is 6.27. The van der Waals surface area contributed by atoms with Crippen molar-refractivity contribution < 1.29 is 4.74 Å². The molecule has 3 aliphatic heterocycles. The van der Waals surface area contributed by atoms with E-state index in [9.17, 15) is 0 Å². The van der Waals surface area contributed by atoms with Gasteiger partial charge < -0.3 is 10.1 Å². The lowest BCUT2D eigenvalue weighted by Crippen LogP contribution is -2.19. The molecule has 4 heterocycles. The maximum atomic E-state index is 5.96. The van der Waals surface area contributed by atoms with Crippen molar-refractivity contribution in [1.29, 1.82) is 0 Å². The average Bonchev–Trinajstić information content (AvgIpc) is 3.12. The van der Waals surface area contributed by atoms with Gasteiger partial charge in [0.15, 0.2) is 0 Å². The van der Waals surface area contributed by atoms with Crippen LogP contribution in [0.15, 0.2) is 0 Å². The molecule has 3 aliphatic rings. The van der Waals surface area contributed by atoms with E-state index in [4.69, 9.17) is 14.7 Å². The standard InChI is InChI=1S/C15H21N3O/c1-8(2)14-11-6-16-7-12(11)17-15(18-14)10-5-9-3-4-13(10)19-9/h8-10,13,16H,3-7H2,1-2H3. The molecule has 0 aliphatic carbocycles. The Morgan fingerprint density at radius 1 is 1.21 bits per heavy atom. The number of ether oxygens (including phenoxy) is 1. The van der Waals surface area contributed by atoms with E-state index in [-0.39, 0.29) is 0 Å². The highest BCUT2D eigenvalue weighted by Gasteiger charge is 2.43. The monoisotopic (exact) mass is 259 g/mol. The molecule has 2 fully saturated rings. The van der Waals surface area contributed by atoms with Gasteiger partial charge in [0, 0.05) is 24.6 Å². The highest BCUT2D eigenvalue weighted by atomic mass is 16.5. The number of nitrogens with one attached hydrogen (secondary N) is 1. The summed E-state index contributed by atoms with van der Waals surface area (Å²) in [5, 5.41) is 3.40. The first-order valence-electron chi connectivity index (χ1n) is 7.48. The maximum absolute atomic E-state index is 5.96. The van der Waals surface area contributed by atoms with Crippen molar-refractivity contribution in [3.8, 4) is 0 Å². The van der Waals surface area contributed by atoms with Gasteiger partial charge in [0.25, 0.3) is 0 Å². The van der Waals surface area contributed by atoms with Crippen LogP contribution in [0.4, 0.5) is 0 Å². The van der Waals surface area contributed by atoms with Crippen molar-refractivity contribution >= 4 is 0 Å². The Bertz CT molecular complexity index is 514. The molecule has 0 aromatic carbocycles. The molecule has 1 N–H and O–H groups in total. The van der Waals surface area contributed by atoms with Crippen LogP contribution in [0.3, 0.4) is 0 Å². The molecule has 19 heavy (non-hydrogen) atoms. The molecule has 4 rings (SSSR count). The van der Waals surface area contributed by atoms with Gasteiger partial charge in [-0.05, 0) is 25.2 Å². The Morgan fingerprint density at radius 3 is 2.79 bits per heavy atom. The van der Waals surface area contributed by atoms with Crippen molar-refractivity contribution in [2.24, 2.45) is 0 Å². The molecule has 1 aromatic rings. The van der Waals surface area contributed by atoms with Gasteiger partial charge in [0.05, 0.1) is 23.6 Å². The van der Waals surface area contributed by atoms with Gasteiger partial charge in [-0.1, -0.05) is 13.8 Å². The van der Waals surface area contributed by atoms with Crippen molar-refractivity contribution in [3.63, 3.8) is 0 Å². The molecular formula is C15H21N3O. The zero-order valence-electron chi connectivity index (χ0n) is 11.6. The van der Waals surface area contributed by atoms with Crippen LogP contribution < -0.4 is 5.32 Å². The van der Waals surface area contributed by atoms with Gasteiger partial charge in [-0.2, -0.15) is 0 Å². The average molecular weight is 259 g/mol. The van der Waals surface area contributed by atoms with Crippen LogP contribution in [0.25, 0.3) is 0 Å². The molecule has 102 valence electrons. The Morgan fingerprint density at radius 2 is 2.11 bits per heavy atom. The van der Waals surface area contributed by atoms with E-state index in [1.54, 1.807) is 0 Å². The molecule has 1 aromatic heterocycles. The van der Waals surface area contributed by atoms with Crippen molar-refractivity contribution in [2.45, 2.75) is 70.2 Å². The molecule has 0 radical (unpaired) electrons. The Kier molecular flexibility index (Phi) is 2.64. The van der Waals surface area contributed by atoms with E-state index < -0.39 is 0 Å². The molecule has 0 spiro atoms. The largest absolute Gasteiger partial charge is 0.374 e. The van der Waals surface area contributed by atoms with Crippen LogP contribution >= 0.6 is 0 Å². The summed E-state index contributed by atoms with van der Waals surface area (Å²) >= 11 is 0. The molecule has 3 atom stereocenters. The van der Waals surface area contributed by atoms with Crippen LogP contribution in [0.2, 0.25) is 0 Å². The molecule has 4 nitrogen and oxygen atoms in total. The van der Waals surface area contributed by atoms with E-state index in [1.165, 1.54) is 29.8 Å². The zero-order valence-corrected chi connectivity index (χ0v) is 11.6. The third-order valence-corrected chi connectivity index (χ3v) is 4.72. The van der Waals surface area contributed by atoms with Crippen molar-refractivity contribution in [1.82, 2.24) is 15.3 Å². The number of hydrogen-bond donors (Lipinski definition) is 1. The zero-order chi connectivity index (χ0) is 13.0. The lowest BCUT2D eigenvalue weighted by atomic mass is 9.88. The number of aromatic nitrogens is 2. The van der Waals surface area contributed by atoms with Crippen LogP contribution in [0.1, 0.15) is 67.7 Å². The lowest BCUT2D eigenvalue weighted by molar-refractivity contribution is 0.0998. The maximum Gasteiger partial charge on any atom is 0.134 e. The smallest absolute Gasteiger partial charge is 0.134 e. The second-order valence-electron chi connectivity index (χ2n) is 6.37. The summed E-state index contributed by atoms with van der Waals surface area (Å²) in [5.74, 6) is 1.94. The predicted molar refractivity (Wildman–Crippen MR) is 71.9 cm³/mol. The highest BCUT2D eigenvalue weighted by Crippen LogP contribution is 2.44. The molecule has 4 heteroatoms. The van der Waals surface area contributed by atoms with Gasteiger partial charge in [0.1, 0.15) is 5.82 Å². The van der Waals surface area contributed by atoms with E-state index in [2.05, 4.69) is 19.2 Å². The van der Waals surface area contributed by atoms with E-state index >= 15 is 0 Å². The number of nitrogens with zero attached hydrogens (tertiary/aromatic N) is 2. The third-order valence-electron chi connectivity index (χ3n) is 4.72. The van der Waals surface area contributed by atoms with Gasteiger partial charge in [-0.3, -0.25) is 0 Å². The van der Waals surface area contributed by atoms with Gasteiger partial charge in [-0.25, -0.2) is 9.97 Å². The fourth-order valence-electron chi connectivity index (χ4n) is 3.77. The van der Waals surface area contributed by atoms with E-state index in [0.717, 1.165) is 25.3 Å². The summed E-state index contributed by atoms with van der Waals surface area (Å²) in [4.78, 5) is 9.76. The third kappa shape index (κ3) is 1.81. The van der Waals surface area contributed by atoms with Crippen LogP contribution in [0.5, 0.6) is 0 Å². The Hall–Kier alpha value is -1.00. The second-order valence-corrected chi connectivity index (χ2v) is 6.37. The molecular weight excluding hydrogens is 238 g/mol. The van der Waals surface area contributed by atoms with Crippen LogP contribution in [-0.4, -0.2) is 22.2 Å². The number of rotatable bonds is 2. The molecule has 2 bridgehead atoms. The summed E-state index contributed by atoms with van der Waals surface area (Å²) in [5.41, 5.74) is 3.80. The SMILES string of the molecule is CC(C)c1nc(C2CC3CCC2O3)nc2c1CNC2. The Labute approximate surface area is 114 Å². The van der Waals surface area contributed by atoms with E-state index in [1.807, 2.05) is 0 Å². The highest BCUT2D eigenvalue weighted by molar-refractivity contribution is 5.32. The first-order chi connectivity index (χ1) is 9.22. The predicted octanol–water partition coefficient (Wildman–Crippen LogP) is 2.24. The number of fused-ring (bicyclic) bond motifs is 3. The quantitative estimate of drug-likeness (QED) is 0.885. The molecule has 0 amide bonds. The van der Waals surface area contributed by atoms with Gasteiger partial charge in [-0.15, -0.1) is 0 Å². The summed E-state index contributed by atoms with van der Waals surface area (Å²) < 4.78 is 5.96. The minimum atomic E-state index is 0.373. The van der Waals surface area contributed by atoms with Crippen molar-refractivity contribution in [3.05, 3.63) is 22.8 Å². The van der Waals surface area contributed by atoms with E-state index in [0.29, 0.717) is 24.0 Å². The Balaban J connectivity index is 1.75. The fourth-order valence-corrected chi connectivity index (χ4v) is 3.77. The summed E-state index contributed by atoms with van der Waals surface area (Å²) in [7, 11) is 0. The first kappa shape index (κ1) is 11.8. The topological polar surface area (TPSA) is 47.0 Å². The molecule has 2 saturated heterocycles. The molecule has 3 unspecified atom stereocenters. The lowest BCUT2D eigenvalue weighted by Gasteiger charge is -2.20. The summed E-state index contributed by atoms with van der Waals surface area (Å²) in [6.07, 6.45) is 4.37. The minimum absolute atomic E-state index is 0.373. The normalized spacial score (nSPS) is 32.3. The van der Waals surface area contributed by atoms with Gasteiger partial charge >= 0.3 is 0 Å². The summed E-state index contributed by atoms with van der Waals surface area (Å²) in [6, 6.07) is 0. The first-order valence-corrected chi connectivity index (χ1v) is 7.48. The second kappa shape index (κ2) is 4.25. The number of hydrogen-bond acceptors (Lipinski definition) is 4. The van der Waals surface area contributed by atoms with Crippen LogP contribution in [-0.2, 0) is 17.8 Å². The minimum Gasteiger partial charge on any atom is -0.374 e. The molecule has 0 saturated carbocycles.